The molecule has 2 heterocycles. The first kappa shape index (κ1) is 11.7. The van der Waals surface area contributed by atoms with Crippen LogP contribution in [0.15, 0.2) is 44.5 Å². The Kier molecular flexibility index (Phi) is 3.43. The van der Waals surface area contributed by atoms with E-state index in [9.17, 15) is 4.79 Å². The van der Waals surface area contributed by atoms with Gasteiger partial charge in [0.15, 0.2) is 11.5 Å². The van der Waals surface area contributed by atoms with E-state index in [0.717, 1.165) is 0 Å². The molecule has 1 amide bonds. The highest BCUT2D eigenvalue weighted by Crippen LogP contribution is 2.20. The van der Waals surface area contributed by atoms with E-state index in [1.165, 1.54) is 12.3 Å². The fourth-order valence-electron chi connectivity index (χ4n) is 1.18. The van der Waals surface area contributed by atoms with Gasteiger partial charge in [-0.25, -0.2) is 0 Å². The molecule has 17 heavy (non-hydrogen) atoms. The van der Waals surface area contributed by atoms with Gasteiger partial charge >= 0.3 is 0 Å². The highest BCUT2D eigenvalue weighted by Gasteiger charge is 2.14. The molecule has 1 N–H and O–H groups in total. The number of carbonyl (C=O) groups is 1. The lowest BCUT2D eigenvalue weighted by Crippen LogP contribution is -2.24. The van der Waals surface area contributed by atoms with Gasteiger partial charge in [0.1, 0.15) is 0 Å². The van der Waals surface area contributed by atoms with Crippen molar-refractivity contribution in [2.45, 2.75) is 0 Å². The Morgan fingerprint density at radius 1 is 1.53 bits per heavy atom. The molecule has 0 saturated carbocycles. The first-order valence-corrected chi connectivity index (χ1v) is 5.58. The molecule has 0 fully saturated rings. The van der Waals surface area contributed by atoms with E-state index in [-0.39, 0.29) is 11.6 Å². The molecule has 2 aromatic rings. The maximum atomic E-state index is 11.6. The van der Waals surface area contributed by atoms with Crippen LogP contribution in [0.2, 0.25) is 0 Å². The third-order valence-electron chi connectivity index (χ3n) is 1.95. The number of rotatable bonds is 4. The lowest BCUT2D eigenvalue weighted by Gasteiger charge is -1.98. The summed E-state index contributed by atoms with van der Waals surface area (Å²) in [6.45, 7) is 3.94. The van der Waals surface area contributed by atoms with Crippen LogP contribution >= 0.6 is 15.9 Å². The molecule has 0 aliphatic rings. The minimum absolute atomic E-state index is 0.199. The topological polar surface area (TPSA) is 68.3 Å². The average molecular weight is 297 g/mol. The highest BCUT2D eigenvalue weighted by atomic mass is 79.9. The quantitative estimate of drug-likeness (QED) is 0.941. The predicted octanol–water partition coefficient (Wildman–Crippen LogP) is 2.57. The largest absolute Gasteiger partial charge is 0.461 e. The molecule has 0 spiro atoms. The summed E-state index contributed by atoms with van der Waals surface area (Å²) < 4.78 is 10.8. The van der Waals surface area contributed by atoms with Gasteiger partial charge in [0.05, 0.1) is 6.26 Å². The average Bonchev–Trinajstić information content (AvgIpc) is 2.94. The lowest BCUT2D eigenvalue weighted by atomic mass is 10.3. The van der Waals surface area contributed by atoms with Crippen LogP contribution in [0.3, 0.4) is 0 Å². The number of halogens is 1. The molecule has 2 rings (SSSR count). The molecule has 0 aromatic carbocycles. The normalized spacial score (nSPS) is 10.2. The van der Waals surface area contributed by atoms with Gasteiger partial charge in [0.2, 0.25) is 5.76 Å². The Bertz CT molecular complexity index is 531. The second-order valence-electron chi connectivity index (χ2n) is 3.25. The highest BCUT2D eigenvalue weighted by molar-refractivity contribution is 9.11. The molecule has 0 atom stereocenters. The Balaban J connectivity index is 2.08. The second-order valence-corrected chi connectivity index (χ2v) is 4.38. The zero-order chi connectivity index (χ0) is 12.3. The number of hydrogen-bond acceptors (Lipinski definition) is 4. The van der Waals surface area contributed by atoms with Crippen molar-refractivity contribution < 1.29 is 13.7 Å². The predicted molar refractivity (Wildman–Crippen MR) is 64.6 cm³/mol. The zero-order valence-electron chi connectivity index (χ0n) is 8.77. The molecule has 0 radical (unpaired) electrons. The molecule has 88 valence electrons. The van der Waals surface area contributed by atoms with E-state index in [4.69, 9.17) is 8.94 Å². The number of amides is 1. The molecule has 0 bridgehead atoms. The molecule has 0 saturated heterocycles. The SMILES string of the molecule is C=C(Br)CNC(=O)c1cc(-c2ccco2)on1. The van der Waals surface area contributed by atoms with Gasteiger partial charge < -0.3 is 14.3 Å². The minimum Gasteiger partial charge on any atom is -0.461 e. The molecule has 0 aliphatic carbocycles. The van der Waals surface area contributed by atoms with Crippen LogP contribution in [0.5, 0.6) is 0 Å². The van der Waals surface area contributed by atoms with Crippen molar-refractivity contribution in [1.29, 1.82) is 0 Å². The van der Waals surface area contributed by atoms with E-state index >= 15 is 0 Å². The molecular weight excluding hydrogens is 288 g/mol. The Labute approximate surface area is 106 Å². The first-order valence-electron chi connectivity index (χ1n) is 4.79. The maximum absolute atomic E-state index is 11.6. The van der Waals surface area contributed by atoms with Crippen molar-refractivity contribution in [1.82, 2.24) is 10.5 Å². The Morgan fingerprint density at radius 3 is 3.00 bits per heavy atom. The van der Waals surface area contributed by atoms with E-state index in [0.29, 0.717) is 22.5 Å². The molecule has 0 aliphatic heterocycles. The number of aromatic nitrogens is 1. The monoisotopic (exact) mass is 296 g/mol. The fraction of sp³-hybridized carbons (Fsp3) is 0.0909. The summed E-state index contributed by atoms with van der Waals surface area (Å²) >= 11 is 3.14. The molecule has 6 heteroatoms. The van der Waals surface area contributed by atoms with Crippen LogP contribution in [0.4, 0.5) is 0 Å². The summed E-state index contributed by atoms with van der Waals surface area (Å²) in [5, 5.41) is 6.28. The van der Waals surface area contributed by atoms with Crippen LogP contribution in [-0.2, 0) is 0 Å². The number of carbonyl (C=O) groups excluding carboxylic acids is 1. The van der Waals surface area contributed by atoms with Crippen LogP contribution in [0.1, 0.15) is 10.5 Å². The van der Waals surface area contributed by atoms with E-state index in [1.54, 1.807) is 12.1 Å². The third kappa shape index (κ3) is 2.85. The van der Waals surface area contributed by atoms with Crippen LogP contribution < -0.4 is 5.32 Å². The van der Waals surface area contributed by atoms with Gasteiger partial charge in [-0.2, -0.15) is 0 Å². The summed E-state index contributed by atoms with van der Waals surface area (Å²) in [7, 11) is 0. The van der Waals surface area contributed by atoms with Gasteiger partial charge in [-0.1, -0.05) is 27.7 Å². The summed E-state index contributed by atoms with van der Waals surface area (Å²) in [6, 6.07) is 4.97. The van der Waals surface area contributed by atoms with Gasteiger partial charge in [-0.05, 0) is 12.1 Å². The zero-order valence-corrected chi connectivity index (χ0v) is 10.4. The minimum atomic E-state index is -0.327. The van der Waals surface area contributed by atoms with Crippen LogP contribution in [0.25, 0.3) is 11.5 Å². The van der Waals surface area contributed by atoms with Gasteiger partial charge in [0, 0.05) is 17.1 Å². The Hall–Kier alpha value is -1.82. The van der Waals surface area contributed by atoms with Crippen LogP contribution in [-0.4, -0.2) is 17.6 Å². The molecular formula is C11H9BrN2O3. The molecule has 5 nitrogen and oxygen atoms in total. The van der Waals surface area contributed by atoms with Gasteiger partial charge in [0.25, 0.3) is 5.91 Å². The number of hydrogen-bond donors (Lipinski definition) is 1. The summed E-state index contributed by atoms with van der Waals surface area (Å²) in [6.07, 6.45) is 1.52. The van der Waals surface area contributed by atoms with E-state index in [2.05, 4.69) is 33.0 Å². The lowest BCUT2D eigenvalue weighted by molar-refractivity contribution is 0.0949. The van der Waals surface area contributed by atoms with Crippen LogP contribution in [0, 0.1) is 0 Å². The summed E-state index contributed by atoms with van der Waals surface area (Å²) in [5.74, 6) is 0.617. The number of furan rings is 1. The van der Waals surface area contributed by atoms with Crippen molar-refractivity contribution in [2.75, 3.05) is 6.54 Å². The molecule has 0 unspecified atom stereocenters. The summed E-state index contributed by atoms with van der Waals surface area (Å²) in [4.78, 5) is 11.6. The Morgan fingerprint density at radius 2 is 2.35 bits per heavy atom. The smallest absolute Gasteiger partial charge is 0.273 e. The van der Waals surface area contributed by atoms with Crippen molar-refractivity contribution in [3.8, 4) is 11.5 Å². The van der Waals surface area contributed by atoms with E-state index < -0.39 is 0 Å². The van der Waals surface area contributed by atoms with Gasteiger partial charge in [-0.3, -0.25) is 4.79 Å². The third-order valence-corrected chi connectivity index (χ3v) is 2.23. The van der Waals surface area contributed by atoms with Gasteiger partial charge in [-0.15, -0.1) is 0 Å². The first-order chi connectivity index (χ1) is 8.16. The summed E-state index contributed by atoms with van der Waals surface area (Å²) in [5.41, 5.74) is 0.199. The standard InChI is InChI=1S/C11H9BrN2O3/c1-7(12)6-13-11(15)8-5-10(17-14-8)9-3-2-4-16-9/h2-5H,1,6H2,(H,13,15). The fourth-order valence-corrected chi connectivity index (χ4v) is 1.32. The molecule has 2 aromatic heterocycles. The number of nitrogens with one attached hydrogen (secondary N) is 1. The van der Waals surface area contributed by atoms with Crippen molar-refractivity contribution in [3.05, 3.63) is 41.2 Å². The maximum Gasteiger partial charge on any atom is 0.273 e. The van der Waals surface area contributed by atoms with Crippen molar-refractivity contribution in [3.63, 3.8) is 0 Å². The number of nitrogens with zero attached hydrogens (tertiary/aromatic N) is 1. The second kappa shape index (κ2) is 5.01. The van der Waals surface area contributed by atoms with Crippen molar-refractivity contribution >= 4 is 21.8 Å². The van der Waals surface area contributed by atoms with Crippen molar-refractivity contribution in [2.24, 2.45) is 0 Å². The van der Waals surface area contributed by atoms with E-state index in [1.807, 2.05) is 0 Å².